The molecule has 0 N–H and O–H groups in total. The van der Waals surface area contributed by atoms with Crippen LogP contribution in [0.15, 0.2) is 59.3 Å². The molecule has 0 spiro atoms. The fourth-order valence-electron chi connectivity index (χ4n) is 3.82. The average molecular weight is 418 g/mol. The van der Waals surface area contributed by atoms with Gasteiger partial charge in [0.05, 0.1) is 6.20 Å². The van der Waals surface area contributed by atoms with Crippen LogP contribution in [-0.4, -0.2) is 43.9 Å². The molecular formula is C24H27N5O2. The third-order valence-corrected chi connectivity index (χ3v) is 5.51. The predicted molar refractivity (Wildman–Crippen MR) is 119 cm³/mol. The Balaban J connectivity index is 1.41. The van der Waals surface area contributed by atoms with Gasteiger partial charge in [0.15, 0.2) is 0 Å². The van der Waals surface area contributed by atoms with Crippen LogP contribution in [0, 0.1) is 13.8 Å². The number of rotatable bonds is 7. The Labute approximate surface area is 181 Å². The summed E-state index contributed by atoms with van der Waals surface area (Å²) in [5, 5.41) is 8.50. The van der Waals surface area contributed by atoms with Gasteiger partial charge in [-0.15, -0.1) is 0 Å². The van der Waals surface area contributed by atoms with Crippen molar-refractivity contribution in [2.45, 2.75) is 26.7 Å². The smallest absolute Gasteiger partial charge is 0.259 e. The van der Waals surface area contributed by atoms with Gasteiger partial charge in [-0.25, -0.2) is 0 Å². The van der Waals surface area contributed by atoms with Crippen LogP contribution < -0.4 is 0 Å². The molecule has 0 atom stereocenters. The first kappa shape index (κ1) is 20.7. The van der Waals surface area contributed by atoms with Gasteiger partial charge in [-0.2, -0.15) is 5.10 Å². The number of nitrogens with zero attached hydrogens (tertiary/aromatic N) is 5. The van der Waals surface area contributed by atoms with Crippen molar-refractivity contribution in [1.29, 1.82) is 0 Å². The number of benzene rings is 1. The van der Waals surface area contributed by atoms with E-state index in [1.54, 1.807) is 15.8 Å². The molecule has 0 unspecified atom stereocenters. The maximum Gasteiger partial charge on any atom is 0.259 e. The topological polar surface area (TPSA) is 69.1 Å². The minimum atomic E-state index is -0.0434. The number of carbonyl (C=O) groups excluding carboxylic acids is 1. The second kappa shape index (κ2) is 8.63. The van der Waals surface area contributed by atoms with E-state index in [1.807, 2.05) is 76.5 Å². The lowest BCUT2D eigenvalue weighted by molar-refractivity contribution is 0.0792. The lowest BCUT2D eigenvalue weighted by atomic mass is 10.1. The van der Waals surface area contributed by atoms with Gasteiger partial charge in [0.1, 0.15) is 22.8 Å². The van der Waals surface area contributed by atoms with Crippen LogP contribution in [0.25, 0.3) is 17.1 Å². The van der Waals surface area contributed by atoms with Gasteiger partial charge in [-0.3, -0.25) is 9.48 Å². The van der Waals surface area contributed by atoms with E-state index < -0.39 is 0 Å². The summed E-state index contributed by atoms with van der Waals surface area (Å²) in [6.07, 6.45) is 3.14. The molecule has 0 radical (unpaired) electrons. The summed E-state index contributed by atoms with van der Waals surface area (Å²) in [5.41, 5.74) is 4.59. The molecule has 0 aliphatic heterocycles. The zero-order chi connectivity index (χ0) is 22.0. The molecule has 3 aromatic heterocycles. The van der Waals surface area contributed by atoms with Crippen molar-refractivity contribution < 1.29 is 9.32 Å². The number of hydrogen-bond donors (Lipinski definition) is 0. The molecule has 0 saturated heterocycles. The second-order valence-electron chi connectivity index (χ2n) is 7.83. The monoisotopic (exact) mass is 417 g/mol. The summed E-state index contributed by atoms with van der Waals surface area (Å²) < 4.78 is 9.29. The van der Waals surface area contributed by atoms with Crippen LogP contribution in [0.2, 0.25) is 0 Å². The summed E-state index contributed by atoms with van der Waals surface area (Å²) in [7, 11) is 3.68. The number of carbonyl (C=O) groups is 1. The Morgan fingerprint density at radius 2 is 1.81 bits per heavy atom. The molecule has 0 fully saturated rings. The van der Waals surface area contributed by atoms with Crippen molar-refractivity contribution in [3.8, 4) is 17.1 Å². The summed E-state index contributed by atoms with van der Waals surface area (Å²) in [6, 6.07) is 16.0. The molecule has 0 bridgehead atoms. The van der Waals surface area contributed by atoms with Gasteiger partial charge in [-0.05, 0) is 32.4 Å². The third-order valence-electron chi connectivity index (χ3n) is 5.51. The van der Waals surface area contributed by atoms with Crippen molar-refractivity contribution in [3.05, 3.63) is 77.4 Å². The molecule has 1 aromatic carbocycles. The Kier molecular flexibility index (Phi) is 5.75. The van der Waals surface area contributed by atoms with Gasteiger partial charge in [0, 0.05) is 50.1 Å². The maximum atomic E-state index is 13.2. The van der Waals surface area contributed by atoms with Gasteiger partial charge >= 0.3 is 0 Å². The highest BCUT2D eigenvalue weighted by Gasteiger charge is 2.22. The molecule has 160 valence electrons. The van der Waals surface area contributed by atoms with E-state index in [-0.39, 0.29) is 5.91 Å². The Morgan fingerprint density at radius 1 is 1.10 bits per heavy atom. The zero-order valence-corrected chi connectivity index (χ0v) is 18.4. The average Bonchev–Trinajstić information content (AvgIpc) is 3.47. The zero-order valence-electron chi connectivity index (χ0n) is 18.4. The van der Waals surface area contributed by atoms with E-state index in [0.717, 1.165) is 40.6 Å². The molecule has 0 aliphatic rings. The standard InChI is InChI=1S/C24H27N5O2/c1-17-12-13-18(2)29(17)23-21(16-25-28(23)4)24(30)27(3)14-8-11-20-15-22(26-31-20)19-9-6-5-7-10-19/h5-7,9-10,12-13,15-16H,8,11,14H2,1-4H3. The summed E-state index contributed by atoms with van der Waals surface area (Å²) in [4.78, 5) is 14.9. The van der Waals surface area contributed by atoms with Crippen LogP contribution in [0.1, 0.15) is 33.9 Å². The van der Waals surface area contributed by atoms with Gasteiger partial charge in [-0.1, -0.05) is 35.5 Å². The molecule has 3 heterocycles. The first-order chi connectivity index (χ1) is 15.0. The van der Waals surface area contributed by atoms with Crippen LogP contribution in [0.4, 0.5) is 0 Å². The van der Waals surface area contributed by atoms with Gasteiger partial charge < -0.3 is 14.0 Å². The summed E-state index contributed by atoms with van der Waals surface area (Å²) in [6.45, 7) is 4.66. The van der Waals surface area contributed by atoms with E-state index in [9.17, 15) is 4.79 Å². The van der Waals surface area contributed by atoms with Crippen molar-refractivity contribution in [1.82, 2.24) is 24.4 Å². The fraction of sp³-hybridized carbons (Fsp3) is 0.292. The lowest BCUT2D eigenvalue weighted by Gasteiger charge is -2.18. The van der Waals surface area contributed by atoms with E-state index in [2.05, 4.69) is 14.8 Å². The second-order valence-corrected chi connectivity index (χ2v) is 7.83. The van der Waals surface area contributed by atoms with E-state index in [0.29, 0.717) is 18.5 Å². The minimum Gasteiger partial charge on any atom is -0.361 e. The fourth-order valence-corrected chi connectivity index (χ4v) is 3.82. The number of amides is 1. The Hall–Kier alpha value is -3.61. The van der Waals surface area contributed by atoms with Crippen molar-refractivity contribution >= 4 is 5.91 Å². The highest BCUT2D eigenvalue weighted by atomic mass is 16.5. The lowest BCUT2D eigenvalue weighted by Crippen LogP contribution is -2.29. The highest BCUT2D eigenvalue weighted by Crippen LogP contribution is 2.22. The summed E-state index contributed by atoms with van der Waals surface area (Å²) >= 11 is 0. The van der Waals surface area contributed by atoms with Gasteiger partial charge in [0.2, 0.25) is 0 Å². The van der Waals surface area contributed by atoms with Crippen LogP contribution in [0.5, 0.6) is 0 Å². The molecule has 7 heteroatoms. The van der Waals surface area contributed by atoms with Crippen LogP contribution in [0.3, 0.4) is 0 Å². The number of aryl methyl sites for hydroxylation is 4. The minimum absolute atomic E-state index is 0.0434. The molecule has 31 heavy (non-hydrogen) atoms. The molecular weight excluding hydrogens is 390 g/mol. The van der Waals surface area contributed by atoms with Crippen molar-refractivity contribution in [2.75, 3.05) is 13.6 Å². The van der Waals surface area contributed by atoms with E-state index in [4.69, 9.17) is 4.52 Å². The van der Waals surface area contributed by atoms with E-state index in [1.165, 1.54) is 0 Å². The molecule has 1 amide bonds. The Bertz CT molecular complexity index is 1170. The number of hydrogen-bond acceptors (Lipinski definition) is 4. The Morgan fingerprint density at radius 3 is 2.52 bits per heavy atom. The first-order valence-electron chi connectivity index (χ1n) is 10.4. The van der Waals surface area contributed by atoms with Crippen molar-refractivity contribution in [3.63, 3.8) is 0 Å². The molecule has 7 nitrogen and oxygen atoms in total. The normalized spacial score (nSPS) is 11.1. The SMILES string of the molecule is Cc1ccc(C)n1-c1c(C(=O)N(C)CCCc2cc(-c3ccccc3)no2)cnn1C. The molecule has 0 aliphatic carbocycles. The van der Waals surface area contributed by atoms with Crippen LogP contribution >= 0.6 is 0 Å². The quantitative estimate of drug-likeness (QED) is 0.452. The third kappa shape index (κ3) is 4.17. The maximum absolute atomic E-state index is 13.2. The highest BCUT2D eigenvalue weighted by molar-refractivity contribution is 5.97. The molecule has 4 rings (SSSR count). The molecule has 0 saturated carbocycles. The predicted octanol–water partition coefficient (Wildman–Crippen LogP) is 4.19. The van der Waals surface area contributed by atoms with E-state index >= 15 is 0 Å². The first-order valence-corrected chi connectivity index (χ1v) is 10.4. The van der Waals surface area contributed by atoms with Crippen LogP contribution in [-0.2, 0) is 13.5 Å². The molecule has 4 aromatic rings. The largest absolute Gasteiger partial charge is 0.361 e. The number of aromatic nitrogens is 4. The summed E-state index contributed by atoms with van der Waals surface area (Å²) in [5.74, 6) is 1.57. The van der Waals surface area contributed by atoms with Crippen molar-refractivity contribution in [2.24, 2.45) is 7.05 Å². The van der Waals surface area contributed by atoms with Gasteiger partial charge in [0.25, 0.3) is 5.91 Å².